The standard InChI is InChI=1S/C10H15NO3/c1-14-9-4-2-3-7(10(9)13)8(12)5-6-11/h2-4,8,12-13H,5-6,11H2,1H3/t8-/m1/s1. The van der Waals surface area contributed by atoms with E-state index in [1.165, 1.54) is 7.11 Å². The molecule has 0 aliphatic rings. The summed E-state index contributed by atoms with van der Waals surface area (Å²) in [4.78, 5) is 0. The van der Waals surface area contributed by atoms with Crippen LogP contribution in [0, 0.1) is 0 Å². The highest BCUT2D eigenvalue weighted by atomic mass is 16.5. The van der Waals surface area contributed by atoms with Crippen LogP contribution in [0.15, 0.2) is 18.2 Å². The van der Waals surface area contributed by atoms with Crippen molar-refractivity contribution in [3.05, 3.63) is 23.8 Å². The first-order valence-electron chi connectivity index (χ1n) is 4.44. The zero-order chi connectivity index (χ0) is 10.6. The Bertz CT molecular complexity index is 301. The van der Waals surface area contributed by atoms with Crippen LogP contribution >= 0.6 is 0 Å². The molecular weight excluding hydrogens is 182 g/mol. The van der Waals surface area contributed by atoms with Crippen LogP contribution in [0.1, 0.15) is 18.1 Å². The highest BCUT2D eigenvalue weighted by molar-refractivity contribution is 5.46. The van der Waals surface area contributed by atoms with Crippen LogP contribution in [-0.2, 0) is 0 Å². The fourth-order valence-corrected chi connectivity index (χ4v) is 1.29. The molecule has 4 heteroatoms. The minimum Gasteiger partial charge on any atom is -0.504 e. The molecule has 0 unspecified atom stereocenters. The van der Waals surface area contributed by atoms with E-state index in [1.54, 1.807) is 18.2 Å². The molecule has 0 saturated heterocycles. The van der Waals surface area contributed by atoms with Gasteiger partial charge in [0, 0.05) is 5.56 Å². The Morgan fingerprint density at radius 2 is 2.21 bits per heavy atom. The van der Waals surface area contributed by atoms with Crippen molar-refractivity contribution in [1.29, 1.82) is 0 Å². The molecule has 4 nitrogen and oxygen atoms in total. The molecule has 0 heterocycles. The van der Waals surface area contributed by atoms with E-state index in [2.05, 4.69) is 0 Å². The van der Waals surface area contributed by atoms with Gasteiger partial charge in [-0.3, -0.25) is 0 Å². The predicted molar refractivity (Wildman–Crippen MR) is 53.3 cm³/mol. The van der Waals surface area contributed by atoms with Gasteiger partial charge in [0.15, 0.2) is 11.5 Å². The van der Waals surface area contributed by atoms with Gasteiger partial charge in [0.1, 0.15) is 0 Å². The molecule has 1 atom stereocenters. The van der Waals surface area contributed by atoms with Gasteiger partial charge in [0.2, 0.25) is 0 Å². The number of hydrogen-bond acceptors (Lipinski definition) is 4. The lowest BCUT2D eigenvalue weighted by molar-refractivity contribution is 0.165. The van der Waals surface area contributed by atoms with Gasteiger partial charge in [-0.2, -0.15) is 0 Å². The van der Waals surface area contributed by atoms with Crippen molar-refractivity contribution in [2.24, 2.45) is 5.73 Å². The number of ether oxygens (including phenoxy) is 1. The third kappa shape index (κ3) is 2.16. The summed E-state index contributed by atoms with van der Waals surface area (Å²) in [5.74, 6) is 0.342. The first kappa shape index (κ1) is 10.8. The third-order valence-corrected chi connectivity index (χ3v) is 2.05. The topological polar surface area (TPSA) is 75.7 Å². The van der Waals surface area contributed by atoms with E-state index in [4.69, 9.17) is 10.5 Å². The van der Waals surface area contributed by atoms with Gasteiger partial charge < -0.3 is 20.7 Å². The minimum atomic E-state index is -0.741. The van der Waals surface area contributed by atoms with Crippen molar-refractivity contribution >= 4 is 0 Å². The normalized spacial score (nSPS) is 12.5. The number of aliphatic hydroxyl groups excluding tert-OH is 1. The summed E-state index contributed by atoms with van der Waals surface area (Å²) in [6.45, 7) is 0.373. The predicted octanol–water partition coefficient (Wildman–Crippen LogP) is 0.783. The molecule has 0 fully saturated rings. The molecule has 0 radical (unpaired) electrons. The highest BCUT2D eigenvalue weighted by Crippen LogP contribution is 2.34. The molecule has 1 aromatic rings. The van der Waals surface area contributed by atoms with Crippen molar-refractivity contribution in [3.63, 3.8) is 0 Å². The number of rotatable bonds is 4. The van der Waals surface area contributed by atoms with Gasteiger partial charge in [-0.25, -0.2) is 0 Å². The van der Waals surface area contributed by atoms with E-state index in [9.17, 15) is 10.2 Å². The van der Waals surface area contributed by atoms with Crippen LogP contribution in [0.5, 0.6) is 11.5 Å². The number of aliphatic hydroxyl groups is 1. The van der Waals surface area contributed by atoms with Gasteiger partial charge in [0.25, 0.3) is 0 Å². The van der Waals surface area contributed by atoms with Crippen LogP contribution in [-0.4, -0.2) is 23.9 Å². The first-order valence-corrected chi connectivity index (χ1v) is 4.44. The maximum atomic E-state index is 9.66. The summed E-state index contributed by atoms with van der Waals surface area (Å²) in [7, 11) is 1.47. The van der Waals surface area contributed by atoms with Gasteiger partial charge in [0.05, 0.1) is 13.2 Å². The Morgan fingerprint density at radius 3 is 2.79 bits per heavy atom. The smallest absolute Gasteiger partial charge is 0.163 e. The molecular formula is C10H15NO3. The van der Waals surface area contributed by atoms with Crippen LogP contribution in [0.2, 0.25) is 0 Å². The van der Waals surface area contributed by atoms with Crippen LogP contribution in [0.3, 0.4) is 0 Å². The Hall–Kier alpha value is -1.26. The van der Waals surface area contributed by atoms with E-state index >= 15 is 0 Å². The number of phenols is 1. The molecule has 0 aliphatic heterocycles. The Labute approximate surface area is 82.9 Å². The molecule has 0 bridgehead atoms. The van der Waals surface area contributed by atoms with E-state index in [1.807, 2.05) is 0 Å². The largest absolute Gasteiger partial charge is 0.504 e. The summed E-state index contributed by atoms with van der Waals surface area (Å²) in [5, 5.41) is 19.3. The molecule has 1 rings (SSSR count). The second kappa shape index (κ2) is 4.83. The minimum absolute atomic E-state index is 0.0176. The fourth-order valence-electron chi connectivity index (χ4n) is 1.29. The number of methoxy groups -OCH3 is 1. The average molecular weight is 197 g/mol. The van der Waals surface area contributed by atoms with E-state index in [-0.39, 0.29) is 5.75 Å². The SMILES string of the molecule is COc1cccc([C@H](O)CCN)c1O. The summed E-state index contributed by atoms with van der Waals surface area (Å²) >= 11 is 0. The van der Waals surface area contributed by atoms with Crippen molar-refractivity contribution in [2.45, 2.75) is 12.5 Å². The third-order valence-electron chi connectivity index (χ3n) is 2.05. The maximum Gasteiger partial charge on any atom is 0.163 e. The van der Waals surface area contributed by atoms with Gasteiger partial charge in [-0.15, -0.1) is 0 Å². The maximum absolute atomic E-state index is 9.66. The summed E-state index contributed by atoms with van der Waals surface area (Å²) in [5.41, 5.74) is 5.77. The van der Waals surface area contributed by atoms with E-state index in [0.29, 0.717) is 24.3 Å². The quantitative estimate of drug-likeness (QED) is 0.666. The Kier molecular flexibility index (Phi) is 3.73. The molecule has 1 aromatic carbocycles. The zero-order valence-electron chi connectivity index (χ0n) is 8.10. The zero-order valence-corrected chi connectivity index (χ0v) is 8.10. The lowest BCUT2D eigenvalue weighted by Crippen LogP contribution is -2.07. The first-order chi connectivity index (χ1) is 6.70. The van der Waals surface area contributed by atoms with Crippen LogP contribution in [0.25, 0.3) is 0 Å². The van der Waals surface area contributed by atoms with Crippen molar-refractivity contribution in [3.8, 4) is 11.5 Å². The number of phenolic OH excluding ortho intramolecular Hbond substituents is 1. The van der Waals surface area contributed by atoms with Crippen LogP contribution < -0.4 is 10.5 Å². The number of benzene rings is 1. The average Bonchev–Trinajstić information content (AvgIpc) is 2.18. The monoisotopic (exact) mass is 197 g/mol. The lowest BCUT2D eigenvalue weighted by atomic mass is 10.1. The molecule has 4 N–H and O–H groups in total. The van der Waals surface area contributed by atoms with Crippen molar-refractivity contribution < 1.29 is 14.9 Å². The molecule has 0 spiro atoms. The molecule has 14 heavy (non-hydrogen) atoms. The molecule has 0 aromatic heterocycles. The number of nitrogens with two attached hydrogens (primary N) is 1. The Balaban J connectivity index is 2.96. The second-order valence-corrected chi connectivity index (χ2v) is 2.99. The number of hydrogen-bond donors (Lipinski definition) is 3. The second-order valence-electron chi connectivity index (χ2n) is 2.99. The summed E-state index contributed by atoms with van der Waals surface area (Å²) < 4.78 is 4.92. The summed E-state index contributed by atoms with van der Waals surface area (Å²) in [6.07, 6.45) is -0.323. The summed E-state index contributed by atoms with van der Waals surface area (Å²) in [6, 6.07) is 5.00. The number of para-hydroxylation sites is 1. The van der Waals surface area contributed by atoms with Crippen molar-refractivity contribution in [2.75, 3.05) is 13.7 Å². The van der Waals surface area contributed by atoms with E-state index < -0.39 is 6.10 Å². The van der Waals surface area contributed by atoms with Gasteiger partial charge >= 0.3 is 0 Å². The molecule has 78 valence electrons. The Morgan fingerprint density at radius 1 is 1.50 bits per heavy atom. The van der Waals surface area contributed by atoms with Gasteiger partial charge in [-0.1, -0.05) is 12.1 Å². The molecule has 0 amide bonds. The number of aromatic hydroxyl groups is 1. The lowest BCUT2D eigenvalue weighted by Gasteiger charge is -2.13. The molecule has 0 saturated carbocycles. The van der Waals surface area contributed by atoms with Crippen molar-refractivity contribution in [1.82, 2.24) is 0 Å². The van der Waals surface area contributed by atoms with Gasteiger partial charge in [-0.05, 0) is 19.0 Å². The molecule has 0 aliphatic carbocycles. The highest BCUT2D eigenvalue weighted by Gasteiger charge is 2.14. The van der Waals surface area contributed by atoms with Crippen LogP contribution in [0.4, 0.5) is 0 Å². The van der Waals surface area contributed by atoms with E-state index in [0.717, 1.165) is 0 Å². The fraction of sp³-hybridized carbons (Fsp3) is 0.400.